The molecule has 1 aromatic heterocycles. The van der Waals surface area contributed by atoms with Crippen molar-refractivity contribution in [2.75, 3.05) is 6.54 Å². The third kappa shape index (κ3) is 2.41. The second kappa shape index (κ2) is 5.18. The second-order valence-corrected chi connectivity index (χ2v) is 7.38. The first-order chi connectivity index (χ1) is 9.25. The fraction of sp³-hybridized carbons (Fsp3) is 0.824. The van der Waals surface area contributed by atoms with Crippen molar-refractivity contribution in [2.45, 2.75) is 67.5 Å². The van der Waals surface area contributed by atoms with E-state index in [9.17, 15) is 0 Å². The van der Waals surface area contributed by atoms with Gasteiger partial charge in [0, 0.05) is 24.7 Å². The van der Waals surface area contributed by atoms with E-state index in [0.29, 0.717) is 16.9 Å². The number of likely N-dealkylation sites (N-methyl/N-ethyl adjacent to an activating group) is 1. The van der Waals surface area contributed by atoms with Gasteiger partial charge in [0.1, 0.15) is 0 Å². The molecule has 1 heterocycles. The average molecular weight is 277 g/mol. The number of hydrogen-bond acceptors (Lipinski definition) is 2. The summed E-state index contributed by atoms with van der Waals surface area (Å²) in [6.07, 6.45) is 1.08. The first kappa shape index (κ1) is 15.6. The topological polar surface area (TPSA) is 29.9 Å². The Morgan fingerprint density at radius 1 is 1.25 bits per heavy atom. The lowest BCUT2D eigenvalue weighted by Gasteiger charge is -2.20. The summed E-state index contributed by atoms with van der Waals surface area (Å²) in [7, 11) is 0. The minimum atomic E-state index is 0.423. The van der Waals surface area contributed by atoms with Crippen LogP contribution < -0.4 is 5.32 Å². The molecule has 1 aromatic rings. The van der Waals surface area contributed by atoms with Crippen LogP contribution in [0.4, 0.5) is 0 Å². The van der Waals surface area contributed by atoms with Gasteiger partial charge < -0.3 is 5.32 Å². The number of nitrogens with zero attached hydrogens (tertiary/aromatic N) is 2. The number of nitrogens with one attached hydrogen (secondary N) is 1. The molecule has 0 saturated heterocycles. The Morgan fingerprint density at radius 2 is 1.85 bits per heavy atom. The van der Waals surface area contributed by atoms with Crippen molar-refractivity contribution in [3.05, 3.63) is 17.5 Å². The van der Waals surface area contributed by atoms with Gasteiger partial charge in [-0.15, -0.1) is 0 Å². The summed E-state index contributed by atoms with van der Waals surface area (Å²) < 4.78 is 2.15. The van der Waals surface area contributed by atoms with Crippen molar-refractivity contribution >= 4 is 0 Å². The molecule has 20 heavy (non-hydrogen) atoms. The summed E-state index contributed by atoms with van der Waals surface area (Å²) in [5, 5.41) is 8.31. The van der Waals surface area contributed by atoms with Crippen molar-refractivity contribution in [3.63, 3.8) is 0 Å². The zero-order chi connectivity index (χ0) is 15.1. The predicted molar refractivity (Wildman–Crippen MR) is 84.9 cm³/mol. The van der Waals surface area contributed by atoms with Gasteiger partial charge in [0.15, 0.2) is 0 Å². The number of aryl methyl sites for hydroxylation is 2. The van der Waals surface area contributed by atoms with Crippen molar-refractivity contribution in [3.8, 4) is 0 Å². The molecule has 0 aromatic carbocycles. The Hall–Kier alpha value is -0.830. The number of rotatable bonds is 6. The van der Waals surface area contributed by atoms with Gasteiger partial charge in [0.05, 0.1) is 5.69 Å². The van der Waals surface area contributed by atoms with Crippen LogP contribution in [0.25, 0.3) is 0 Å². The molecule has 3 nitrogen and oxygen atoms in total. The number of hydrogen-bond donors (Lipinski definition) is 1. The van der Waals surface area contributed by atoms with E-state index in [1.54, 1.807) is 0 Å². The molecular formula is C17H31N3. The lowest BCUT2D eigenvalue weighted by Crippen LogP contribution is -2.36. The molecule has 0 spiro atoms. The lowest BCUT2D eigenvalue weighted by atomic mass is 9.99. The van der Waals surface area contributed by atoms with Crippen LogP contribution in [0.3, 0.4) is 0 Å². The smallest absolute Gasteiger partial charge is 0.0596 e. The van der Waals surface area contributed by atoms with Gasteiger partial charge >= 0.3 is 0 Å². The molecule has 1 fully saturated rings. The molecule has 1 N–H and O–H groups in total. The summed E-state index contributed by atoms with van der Waals surface area (Å²) in [5.41, 5.74) is 3.35. The van der Waals surface area contributed by atoms with Crippen LogP contribution in [0.5, 0.6) is 0 Å². The molecular weight excluding hydrogens is 246 g/mol. The van der Waals surface area contributed by atoms with E-state index in [-0.39, 0.29) is 0 Å². The number of aromatic nitrogens is 2. The molecule has 2 rings (SSSR count). The van der Waals surface area contributed by atoms with E-state index in [1.807, 2.05) is 0 Å². The molecule has 1 unspecified atom stereocenters. The van der Waals surface area contributed by atoms with Gasteiger partial charge in [-0.25, -0.2) is 0 Å². The first-order valence-electron chi connectivity index (χ1n) is 8.02. The molecule has 114 valence electrons. The monoisotopic (exact) mass is 277 g/mol. The molecule has 0 aliphatic heterocycles. The van der Waals surface area contributed by atoms with Crippen LogP contribution in [0.2, 0.25) is 0 Å². The minimum absolute atomic E-state index is 0.423. The summed E-state index contributed by atoms with van der Waals surface area (Å²) in [6.45, 7) is 18.1. The highest BCUT2D eigenvalue weighted by Crippen LogP contribution is 2.69. The van der Waals surface area contributed by atoms with E-state index in [1.165, 1.54) is 5.69 Å². The maximum absolute atomic E-state index is 4.58. The fourth-order valence-electron chi connectivity index (χ4n) is 4.09. The predicted octanol–water partition coefficient (Wildman–Crippen LogP) is 3.41. The third-order valence-electron chi connectivity index (χ3n) is 5.72. The van der Waals surface area contributed by atoms with E-state index < -0.39 is 0 Å². The van der Waals surface area contributed by atoms with Crippen LogP contribution in [0.15, 0.2) is 6.07 Å². The zero-order valence-corrected chi connectivity index (χ0v) is 14.2. The van der Waals surface area contributed by atoms with Gasteiger partial charge in [0.2, 0.25) is 0 Å². The highest BCUT2D eigenvalue weighted by molar-refractivity contribution is 5.19. The maximum Gasteiger partial charge on any atom is 0.0596 e. The normalized spacial score (nSPS) is 21.9. The Bertz CT molecular complexity index is 457. The molecule has 1 aliphatic rings. The van der Waals surface area contributed by atoms with Crippen LogP contribution in [-0.4, -0.2) is 22.4 Å². The first-order valence-corrected chi connectivity index (χ1v) is 8.02. The van der Waals surface area contributed by atoms with Crippen molar-refractivity contribution in [1.29, 1.82) is 0 Å². The molecule has 0 amide bonds. The second-order valence-electron chi connectivity index (χ2n) is 7.38. The SMILES string of the molecule is CCNC(Cc1cc(C)nn1CC)C1C(C)(C)C1(C)C. The fourth-order valence-corrected chi connectivity index (χ4v) is 4.09. The van der Waals surface area contributed by atoms with E-state index in [0.717, 1.165) is 31.1 Å². The largest absolute Gasteiger partial charge is 0.314 e. The van der Waals surface area contributed by atoms with Gasteiger partial charge in [-0.05, 0) is 43.2 Å². The summed E-state index contributed by atoms with van der Waals surface area (Å²) in [4.78, 5) is 0. The van der Waals surface area contributed by atoms with Crippen LogP contribution in [0, 0.1) is 23.7 Å². The Kier molecular flexibility index (Phi) is 4.03. The Labute approximate surface area is 124 Å². The molecule has 1 atom stereocenters. The van der Waals surface area contributed by atoms with Gasteiger partial charge in [0.25, 0.3) is 0 Å². The molecule has 1 aliphatic carbocycles. The summed E-state index contributed by atoms with van der Waals surface area (Å²) >= 11 is 0. The summed E-state index contributed by atoms with van der Waals surface area (Å²) in [6, 6.07) is 2.79. The van der Waals surface area contributed by atoms with Gasteiger partial charge in [-0.2, -0.15) is 5.10 Å². The van der Waals surface area contributed by atoms with Crippen molar-refractivity contribution in [2.24, 2.45) is 16.7 Å². The van der Waals surface area contributed by atoms with Crippen LogP contribution in [0.1, 0.15) is 52.9 Å². The van der Waals surface area contributed by atoms with Crippen LogP contribution >= 0.6 is 0 Å². The maximum atomic E-state index is 4.58. The lowest BCUT2D eigenvalue weighted by molar-refractivity contribution is 0.393. The molecule has 0 bridgehead atoms. The van der Waals surface area contributed by atoms with E-state index in [4.69, 9.17) is 0 Å². The van der Waals surface area contributed by atoms with Gasteiger partial charge in [-0.1, -0.05) is 34.6 Å². The van der Waals surface area contributed by atoms with Crippen LogP contribution in [-0.2, 0) is 13.0 Å². The van der Waals surface area contributed by atoms with Crippen molar-refractivity contribution < 1.29 is 0 Å². The van der Waals surface area contributed by atoms with E-state index >= 15 is 0 Å². The third-order valence-corrected chi connectivity index (χ3v) is 5.72. The van der Waals surface area contributed by atoms with Crippen molar-refractivity contribution in [1.82, 2.24) is 15.1 Å². The Morgan fingerprint density at radius 3 is 2.30 bits per heavy atom. The standard InChI is InChI=1S/C17H31N3/c1-8-18-14(15-16(4,5)17(15,6)7)11-13-10-12(3)19-20(13)9-2/h10,14-15,18H,8-9,11H2,1-7H3. The highest BCUT2D eigenvalue weighted by atomic mass is 15.3. The highest BCUT2D eigenvalue weighted by Gasteiger charge is 2.66. The summed E-state index contributed by atoms with van der Waals surface area (Å²) in [5.74, 6) is 0.732. The van der Waals surface area contributed by atoms with E-state index in [2.05, 4.69) is 69.6 Å². The van der Waals surface area contributed by atoms with Gasteiger partial charge in [-0.3, -0.25) is 4.68 Å². The molecule has 1 saturated carbocycles. The molecule has 3 heteroatoms. The zero-order valence-electron chi connectivity index (χ0n) is 14.2. The quantitative estimate of drug-likeness (QED) is 0.863. The average Bonchev–Trinajstić information content (AvgIpc) is 2.63. The Balaban J connectivity index is 2.19. The minimum Gasteiger partial charge on any atom is -0.314 e. The molecule has 0 radical (unpaired) electrons.